The average molecular weight is 369 g/mol. The van der Waals surface area contributed by atoms with E-state index >= 15 is 0 Å². The molecule has 2 fully saturated rings. The first-order valence-electron chi connectivity index (χ1n) is 9.13. The van der Waals surface area contributed by atoms with Crippen molar-refractivity contribution in [2.24, 2.45) is 5.92 Å². The number of aromatic nitrogens is 1. The van der Waals surface area contributed by atoms with E-state index in [9.17, 15) is 13.2 Å². The lowest BCUT2D eigenvalue weighted by Crippen LogP contribution is -2.45. The fourth-order valence-corrected chi connectivity index (χ4v) is 5.48. The highest BCUT2D eigenvalue weighted by atomic mass is 32.2. The van der Waals surface area contributed by atoms with E-state index in [1.54, 1.807) is 0 Å². The van der Waals surface area contributed by atoms with Gasteiger partial charge >= 0.3 is 0 Å². The summed E-state index contributed by atoms with van der Waals surface area (Å²) in [6.07, 6.45) is 4.18. The summed E-state index contributed by atoms with van der Waals surface area (Å²) in [5.74, 6) is 1.30. The number of hydrogen-bond donors (Lipinski definition) is 1. The first-order chi connectivity index (χ1) is 12.0. The van der Waals surface area contributed by atoms with Gasteiger partial charge < -0.3 is 9.84 Å². The van der Waals surface area contributed by atoms with Crippen molar-refractivity contribution in [3.05, 3.63) is 17.5 Å². The van der Waals surface area contributed by atoms with Crippen molar-refractivity contribution in [1.82, 2.24) is 15.4 Å². The molecule has 0 aliphatic carbocycles. The smallest absolute Gasteiger partial charge is 0.223 e. The predicted octanol–water partition coefficient (Wildman–Crippen LogP) is 1.14. The molecule has 2 saturated heterocycles. The summed E-state index contributed by atoms with van der Waals surface area (Å²) < 4.78 is 28.5. The van der Waals surface area contributed by atoms with Crippen molar-refractivity contribution in [1.29, 1.82) is 0 Å². The number of carbonyl (C=O) groups excluding carboxylic acids is 1. The van der Waals surface area contributed by atoms with Gasteiger partial charge in [0, 0.05) is 18.0 Å². The van der Waals surface area contributed by atoms with Crippen molar-refractivity contribution in [2.75, 3.05) is 24.6 Å². The minimum atomic E-state index is -2.85. The molecule has 0 aromatic carbocycles. The Balaban J connectivity index is 1.42. The number of nitrogens with zero attached hydrogens (tertiary/aromatic N) is 2. The van der Waals surface area contributed by atoms with Crippen molar-refractivity contribution in [2.45, 2.75) is 51.6 Å². The van der Waals surface area contributed by atoms with Gasteiger partial charge in [-0.15, -0.1) is 0 Å². The van der Waals surface area contributed by atoms with Crippen molar-refractivity contribution < 1.29 is 17.7 Å². The van der Waals surface area contributed by atoms with Gasteiger partial charge in [0.05, 0.1) is 23.7 Å². The number of piperidine rings is 1. The largest absolute Gasteiger partial charge is 0.359 e. The maximum atomic E-state index is 12.3. The Hall–Kier alpha value is -1.41. The van der Waals surface area contributed by atoms with Crippen molar-refractivity contribution >= 4 is 15.7 Å². The second-order valence-corrected chi connectivity index (χ2v) is 9.35. The van der Waals surface area contributed by atoms with E-state index in [0.29, 0.717) is 18.1 Å². The summed E-state index contributed by atoms with van der Waals surface area (Å²) in [6, 6.07) is 2.03. The molecule has 7 nitrogen and oxygen atoms in total. The normalized spacial score (nSPS) is 24.4. The summed E-state index contributed by atoms with van der Waals surface area (Å²) in [4.78, 5) is 14.6. The molecule has 1 amide bonds. The molecule has 25 heavy (non-hydrogen) atoms. The number of carbonyl (C=O) groups is 1. The third kappa shape index (κ3) is 4.82. The SMILES string of the molecule is CCCc1cc(CNC(=O)C2CCN([C@H]3CCS(=O)(=O)C3)CC2)on1. The summed E-state index contributed by atoms with van der Waals surface area (Å²) >= 11 is 0. The van der Waals surface area contributed by atoms with Crippen LogP contribution in [0.15, 0.2) is 10.6 Å². The van der Waals surface area contributed by atoms with Crippen molar-refractivity contribution in [3.8, 4) is 0 Å². The van der Waals surface area contributed by atoms with Crippen LogP contribution in [0.1, 0.15) is 44.1 Å². The molecule has 2 aliphatic heterocycles. The van der Waals surface area contributed by atoms with Crippen LogP contribution in [-0.2, 0) is 27.6 Å². The quantitative estimate of drug-likeness (QED) is 0.808. The standard InChI is InChI=1S/C17H27N3O4S/c1-2-3-14-10-16(24-19-14)11-18-17(21)13-4-7-20(8-5-13)15-6-9-25(22,23)12-15/h10,13,15H,2-9,11-12H2,1H3,(H,18,21)/t15-/m0/s1. The molecule has 140 valence electrons. The Kier molecular flexibility index (Phi) is 5.78. The van der Waals surface area contributed by atoms with Gasteiger partial charge in [-0.2, -0.15) is 0 Å². The van der Waals surface area contributed by atoms with Crippen LogP contribution < -0.4 is 5.32 Å². The summed E-state index contributed by atoms with van der Waals surface area (Å²) in [6.45, 7) is 4.04. The highest BCUT2D eigenvalue weighted by Crippen LogP contribution is 2.24. The predicted molar refractivity (Wildman–Crippen MR) is 93.7 cm³/mol. The molecule has 0 radical (unpaired) electrons. The summed E-state index contributed by atoms with van der Waals surface area (Å²) in [5.41, 5.74) is 0.923. The van der Waals surface area contributed by atoms with Gasteiger partial charge in [-0.1, -0.05) is 18.5 Å². The molecule has 0 spiro atoms. The third-order valence-corrected chi connectivity index (χ3v) is 6.93. The first kappa shape index (κ1) is 18.4. The molecule has 1 aromatic heterocycles. The molecule has 3 rings (SSSR count). The second-order valence-electron chi connectivity index (χ2n) is 7.12. The number of hydrogen-bond acceptors (Lipinski definition) is 6. The maximum absolute atomic E-state index is 12.3. The van der Waals surface area contributed by atoms with Crippen LogP contribution in [-0.4, -0.2) is 55.0 Å². The van der Waals surface area contributed by atoms with Gasteiger partial charge in [-0.05, 0) is 38.8 Å². The summed E-state index contributed by atoms with van der Waals surface area (Å²) in [7, 11) is -2.85. The minimum Gasteiger partial charge on any atom is -0.359 e. The molecule has 0 bridgehead atoms. The molecule has 1 N–H and O–H groups in total. The van der Waals surface area contributed by atoms with E-state index in [-0.39, 0.29) is 23.6 Å². The van der Waals surface area contributed by atoms with Crippen LogP contribution in [0.4, 0.5) is 0 Å². The lowest BCUT2D eigenvalue weighted by molar-refractivity contribution is -0.126. The molecule has 8 heteroatoms. The highest BCUT2D eigenvalue weighted by Gasteiger charge is 2.35. The lowest BCUT2D eigenvalue weighted by atomic mass is 9.94. The van der Waals surface area contributed by atoms with E-state index in [2.05, 4.69) is 22.3 Å². The number of nitrogens with one attached hydrogen (secondary N) is 1. The average Bonchev–Trinajstić information content (AvgIpc) is 3.19. The van der Waals surface area contributed by atoms with Gasteiger partial charge in [0.25, 0.3) is 0 Å². The van der Waals surface area contributed by atoms with Crippen LogP contribution in [0.25, 0.3) is 0 Å². The van der Waals surface area contributed by atoms with Crippen LogP contribution in [0.2, 0.25) is 0 Å². The van der Waals surface area contributed by atoms with E-state index < -0.39 is 9.84 Å². The van der Waals surface area contributed by atoms with Crippen LogP contribution in [0.3, 0.4) is 0 Å². The molecule has 1 atom stereocenters. The first-order valence-corrected chi connectivity index (χ1v) is 11.0. The van der Waals surface area contributed by atoms with Gasteiger partial charge in [-0.25, -0.2) is 8.42 Å². The number of aryl methyl sites for hydroxylation is 1. The Morgan fingerprint density at radius 3 is 2.76 bits per heavy atom. The number of sulfone groups is 1. The zero-order valence-corrected chi connectivity index (χ0v) is 15.6. The minimum absolute atomic E-state index is 0.00714. The number of rotatable bonds is 6. The van der Waals surface area contributed by atoms with E-state index in [1.165, 1.54) is 0 Å². The molecular formula is C17H27N3O4S. The molecule has 0 saturated carbocycles. The van der Waals surface area contributed by atoms with Crippen LogP contribution in [0.5, 0.6) is 0 Å². The lowest BCUT2D eigenvalue weighted by Gasteiger charge is -2.34. The molecular weight excluding hydrogens is 342 g/mol. The molecule has 0 unspecified atom stereocenters. The molecule has 3 heterocycles. The van der Waals surface area contributed by atoms with Crippen LogP contribution >= 0.6 is 0 Å². The van der Waals surface area contributed by atoms with Gasteiger partial charge in [0.2, 0.25) is 5.91 Å². The maximum Gasteiger partial charge on any atom is 0.223 e. The molecule has 2 aliphatic rings. The van der Waals surface area contributed by atoms with E-state index in [0.717, 1.165) is 50.9 Å². The van der Waals surface area contributed by atoms with Gasteiger partial charge in [-0.3, -0.25) is 9.69 Å². The topological polar surface area (TPSA) is 92.5 Å². The van der Waals surface area contributed by atoms with E-state index in [4.69, 9.17) is 4.52 Å². The number of likely N-dealkylation sites (tertiary alicyclic amines) is 1. The monoisotopic (exact) mass is 369 g/mol. The van der Waals surface area contributed by atoms with Crippen LogP contribution in [0, 0.1) is 5.92 Å². The zero-order chi connectivity index (χ0) is 17.9. The Labute approximate surface area is 149 Å². The zero-order valence-electron chi connectivity index (χ0n) is 14.7. The second kappa shape index (κ2) is 7.86. The highest BCUT2D eigenvalue weighted by molar-refractivity contribution is 7.91. The van der Waals surface area contributed by atoms with Gasteiger partial charge in [0.1, 0.15) is 0 Å². The number of amides is 1. The Morgan fingerprint density at radius 2 is 2.12 bits per heavy atom. The Morgan fingerprint density at radius 1 is 1.36 bits per heavy atom. The molecule has 1 aromatic rings. The Bertz CT molecular complexity index is 693. The summed E-state index contributed by atoms with van der Waals surface area (Å²) in [5, 5.41) is 6.91. The van der Waals surface area contributed by atoms with Crippen molar-refractivity contribution in [3.63, 3.8) is 0 Å². The third-order valence-electron chi connectivity index (χ3n) is 5.18. The van der Waals surface area contributed by atoms with Gasteiger partial charge in [0.15, 0.2) is 15.6 Å². The van der Waals surface area contributed by atoms with E-state index in [1.807, 2.05) is 6.07 Å². The fraction of sp³-hybridized carbons (Fsp3) is 0.765. The fourth-order valence-electron chi connectivity index (χ4n) is 3.72.